The number of aromatic nitrogens is 4. The number of nitrogens with one attached hydrogen (secondary N) is 2. The quantitative estimate of drug-likeness (QED) is 0.585. The summed E-state index contributed by atoms with van der Waals surface area (Å²) in [6.45, 7) is 1.32. The van der Waals surface area contributed by atoms with Crippen molar-refractivity contribution >= 4 is 22.4 Å². The highest BCUT2D eigenvalue weighted by Gasteiger charge is 2.21. The molecule has 4 N–H and O–H groups in total. The molecule has 1 aromatic carbocycles. The maximum Gasteiger partial charge on any atom is 0.328 e. The van der Waals surface area contributed by atoms with Gasteiger partial charge in [-0.25, -0.2) is 4.79 Å². The monoisotopic (exact) mass is 372 g/mol. The highest BCUT2D eigenvalue weighted by molar-refractivity contribution is 7.15. The number of hydrogen-bond acceptors (Lipinski definition) is 7. The van der Waals surface area contributed by atoms with Gasteiger partial charge in [-0.3, -0.25) is 19.1 Å². The summed E-state index contributed by atoms with van der Waals surface area (Å²) in [7, 11) is 0. The highest BCUT2D eigenvalue weighted by atomic mass is 32.1. The molecule has 0 bridgehead atoms. The van der Waals surface area contributed by atoms with Crippen LogP contribution in [0.25, 0.3) is 0 Å². The lowest BCUT2D eigenvalue weighted by molar-refractivity contribution is -0.122. The Labute approximate surface area is 151 Å². The first-order valence-corrected chi connectivity index (χ1v) is 8.49. The van der Waals surface area contributed by atoms with Crippen LogP contribution in [0.15, 0.2) is 46.1 Å². The zero-order valence-electron chi connectivity index (χ0n) is 13.8. The third-order valence-corrected chi connectivity index (χ3v) is 4.46. The number of benzene rings is 1. The molecule has 3 rings (SSSR count). The summed E-state index contributed by atoms with van der Waals surface area (Å²) in [4.78, 5) is 37.9. The second-order valence-corrected chi connectivity index (χ2v) is 6.63. The molecule has 0 aliphatic rings. The maximum atomic E-state index is 12.5. The average molecular weight is 372 g/mol. The molecule has 0 spiro atoms. The Kier molecular flexibility index (Phi) is 4.94. The molecule has 134 valence electrons. The van der Waals surface area contributed by atoms with Gasteiger partial charge in [0.1, 0.15) is 17.6 Å². The van der Waals surface area contributed by atoms with Crippen molar-refractivity contribution < 1.29 is 4.79 Å². The van der Waals surface area contributed by atoms with Gasteiger partial charge in [0.2, 0.25) is 11.0 Å². The number of anilines is 1. The molecular weight excluding hydrogens is 356 g/mol. The van der Waals surface area contributed by atoms with Crippen molar-refractivity contribution in [1.82, 2.24) is 25.1 Å². The van der Waals surface area contributed by atoms with E-state index in [0.29, 0.717) is 15.7 Å². The van der Waals surface area contributed by atoms with Gasteiger partial charge in [-0.15, -0.1) is 10.2 Å². The molecule has 0 fully saturated rings. The number of hydrogen-bond donors (Lipinski definition) is 3. The molecule has 9 nitrogen and oxygen atoms in total. The first kappa shape index (κ1) is 17.5. The van der Waals surface area contributed by atoms with Gasteiger partial charge < -0.3 is 11.1 Å². The fraction of sp³-hybridized carbons (Fsp3) is 0.188. The number of nitrogen functional groups attached to an aromatic ring is 1. The Hall–Kier alpha value is -3.27. The Morgan fingerprint density at radius 2 is 2.04 bits per heavy atom. The predicted molar refractivity (Wildman–Crippen MR) is 96.8 cm³/mol. The molecule has 3 aromatic rings. The van der Waals surface area contributed by atoms with Gasteiger partial charge in [-0.1, -0.05) is 41.7 Å². The summed E-state index contributed by atoms with van der Waals surface area (Å²) in [5.74, 6) is -0.416. The van der Waals surface area contributed by atoms with Crippen molar-refractivity contribution in [3.8, 4) is 0 Å². The molecule has 0 unspecified atom stereocenters. The standard InChI is InChI=1S/C16H16N6O3S/c1-9-7-22(16(25)19-13(9)24)8-11(23)18-12(10-5-3-2-4-6-10)14-20-21-15(17)26-14/h2-7,12H,8H2,1H3,(H2,17,21)(H,18,23)(H,19,24,25)/t12-/m0/s1. The Morgan fingerprint density at radius 1 is 1.31 bits per heavy atom. The lowest BCUT2D eigenvalue weighted by Crippen LogP contribution is -2.38. The number of aryl methyl sites for hydroxylation is 1. The van der Waals surface area contributed by atoms with Gasteiger partial charge in [0, 0.05) is 11.8 Å². The van der Waals surface area contributed by atoms with Crippen LogP contribution in [0.2, 0.25) is 0 Å². The zero-order chi connectivity index (χ0) is 18.7. The molecule has 0 saturated carbocycles. The molecule has 2 heterocycles. The molecule has 0 saturated heterocycles. The van der Waals surface area contributed by atoms with E-state index in [1.807, 2.05) is 30.3 Å². The molecular formula is C16H16N6O3S. The van der Waals surface area contributed by atoms with Crippen molar-refractivity contribution in [2.24, 2.45) is 0 Å². The number of amides is 1. The van der Waals surface area contributed by atoms with Gasteiger partial charge in [-0.2, -0.15) is 0 Å². The van der Waals surface area contributed by atoms with E-state index < -0.39 is 23.2 Å². The van der Waals surface area contributed by atoms with E-state index in [9.17, 15) is 14.4 Å². The van der Waals surface area contributed by atoms with Crippen LogP contribution in [-0.2, 0) is 11.3 Å². The van der Waals surface area contributed by atoms with Crippen molar-refractivity contribution in [3.63, 3.8) is 0 Å². The number of rotatable bonds is 5. The summed E-state index contributed by atoms with van der Waals surface area (Å²) < 4.78 is 1.14. The number of carbonyl (C=O) groups excluding carboxylic acids is 1. The van der Waals surface area contributed by atoms with Crippen LogP contribution in [0.5, 0.6) is 0 Å². The summed E-state index contributed by atoms with van der Waals surface area (Å²) in [5.41, 5.74) is 5.68. The molecule has 10 heteroatoms. The Morgan fingerprint density at radius 3 is 2.69 bits per heavy atom. The summed E-state index contributed by atoms with van der Waals surface area (Å²) in [6.07, 6.45) is 1.35. The number of nitrogens with two attached hydrogens (primary N) is 1. The van der Waals surface area contributed by atoms with Crippen LogP contribution in [0.3, 0.4) is 0 Å². The minimum atomic E-state index is -0.646. The lowest BCUT2D eigenvalue weighted by Gasteiger charge is -2.17. The fourth-order valence-electron chi connectivity index (χ4n) is 2.39. The predicted octanol–water partition coefficient (Wildman–Crippen LogP) is 0.185. The lowest BCUT2D eigenvalue weighted by atomic mass is 10.1. The SMILES string of the molecule is Cc1cn(CC(=O)N[C@@H](c2ccccc2)c2nnc(N)s2)c(=O)[nH]c1=O. The number of H-pyrrole nitrogens is 1. The van der Waals surface area contributed by atoms with E-state index in [1.165, 1.54) is 17.5 Å². The number of aromatic amines is 1. The molecule has 26 heavy (non-hydrogen) atoms. The van der Waals surface area contributed by atoms with Crippen LogP contribution in [0, 0.1) is 6.92 Å². The van der Waals surface area contributed by atoms with E-state index in [-0.39, 0.29) is 6.54 Å². The summed E-state index contributed by atoms with van der Waals surface area (Å²) in [5, 5.41) is 11.5. The van der Waals surface area contributed by atoms with Gasteiger partial charge >= 0.3 is 5.69 Å². The van der Waals surface area contributed by atoms with Crippen LogP contribution in [-0.4, -0.2) is 25.7 Å². The smallest absolute Gasteiger partial charge is 0.328 e. The molecule has 0 radical (unpaired) electrons. The van der Waals surface area contributed by atoms with E-state index in [1.54, 1.807) is 6.92 Å². The van der Waals surface area contributed by atoms with Gasteiger partial charge in [0.05, 0.1) is 0 Å². The summed E-state index contributed by atoms with van der Waals surface area (Å²) in [6, 6.07) is 8.69. The van der Waals surface area contributed by atoms with Crippen LogP contribution in [0.4, 0.5) is 5.13 Å². The molecule has 1 atom stereocenters. The normalized spacial score (nSPS) is 11.9. The topological polar surface area (TPSA) is 136 Å². The second kappa shape index (κ2) is 7.31. The van der Waals surface area contributed by atoms with Crippen molar-refractivity contribution in [2.75, 3.05) is 5.73 Å². The number of carbonyl (C=O) groups is 1. The van der Waals surface area contributed by atoms with Crippen molar-refractivity contribution in [2.45, 2.75) is 19.5 Å². The molecule has 1 amide bonds. The van der Waals surface area contributed by atoms with Crippen LogP contribution < -0.4 is 22.3 Å². The Balaban J connectivity index is 1.85. The van der Waals surface area contributed by atoms with E-state index in [2.05, 4.69) is 20.5 Å². The van der Waals surface area contributed by atoms with Gasteiger partial charge in [0.15, 0.2) is 0 Å². The van der Waals surface area contributed by atoms with E-state index in [0.717, 1.165) is 10.1 Å². The second-order valence-electron chi connectivity index (χ2n) is 5.59. The third-order valence-electron chi connectivity index (χ3n) is 3.64. The number of nitrogens with zero attached hydrogens (tertiary/aromatic N) is 3. The maximum absolute atomic E-state index is 12.5. The minimum Gasteiger partial charge on any atom is -0.374 e. The highest BCUT2D eigenvalue weighted by Crippen LogP contribution is 2.25. The van der Waals surface area contributed by atoms with Crippen molar-refractivity contribution in [3.05, 3.63) is 73.5 Å². The Bertz CT molecular complexity index is 1040. The first-order valence-electron chi connectivity index (χ1n) is 7.67. The largest absolute Gasteiger partial charge is 0.374 e. The van der Waals surface area contributed by atoms with E-state index in [4.69, 9.17) is 5.73 Å². The van der Waals surface area contributed by atoms with E-state index >= 15 is 0 Å². The van der Waals surface area contributed by atoms with Crippen LogP contribution in [0.1, 0.15) is 22.2 Å². The van der Waals surface area contributed by atoms with Gasteiger partial charge in [0.25, 0.3) is 5.56 Å². The van der Waals surface area contributed by atoms with Crippen molar-refractivity contribution in [1.29, 1.82) is 0 Å². The fourth-order valence-corrected chi connectivity index (χ4v) is 3.08. The molecule has 0 aliphatic heterocycles. The minimum absolute atomic E-state index is 0.242. The first-order chi connectivity index (χ1) is 12.4. The van der Waals surface area contributed by atoms with Gasteiger partial charge in [-0.05, 0) is 12.5 Å². The molecule has 2 aromatic heterocycles. The molecule has 0 aliphatic carbocycles. The zero-order valence-corrected chi connectivity index (χ0v) is 14.6. The third kappa shape index (κ3) is 3.86. The van der Waals surface area contributed by atoms with Crippen LogP contribution >= 0.6 is 11.3 Å². The average Bonchev–Trinajstić information content (AvgIpc) is 3.04. The summed E-state index contributed by atoms with van der Waals surface area (Å²) >= 11 is 1.17.